The van der Waals surface area contributed by atoms with Crippen LogP contribution < -0.4 is 5.32 Å². The molecule has 0 aliphatic carbocycles. The van der Waals surface area contributed by atoms with Gasteiger partial charge in [-0.2, -0.15) is 0 Å². The maximum atomic E-state index is 12.2. The number of hydrogen-bond acceptors (Lipinski definition) is 4. The Morgan fingerprint density at radius 1 is 1.33 bits per heavy atom. The Morgan fingerprint density at radius 3 is 2.67 bits per heavy atom. The van der Waals surface area contributed by atoms with Crippen molar-refractivity contribution in [1.29, 1.82) is 0 Å². The van der Waals surface area contributed by atoms with Gasteiger partial charge in [-0.25, -0.2) is 0 Å². The van der Waals surface area contributed by atoms with Gasteiger partial charge in [0.15, 0.2) is 0 Å². The number of hydrogen-bond donors (Lipinski definition) is 1. The minimum Gasteiger partial charge on any atom is -0.335 e. The Balaban J connectivity index is 1.53. The molecule has 98 valence electrons. The highest BCUT2D eigenvalue weighted by Gasteiger charge is 2.35. The van der Waals surface area contributed by atoms with Gasteiger partial charge in [-0.1, -0.05) is 0 Å². The third-order valence-electron chi connectivity index (χ3n) is 3.77. The summed E-state index contributed by atoms with van der Waals surface area (Å²) in [5.74, 6) is 0.208. The van der Waals surface area contributed by atoms with Gasteiger partial charge in [0.2, 0.25) is 0 Å². The lowest BCUT2D eigenvalue weighted by molar-refractivity contribution is 0.0231. The maximum absolute atomic E-state index is 12.2. The van der Waals surface area contributed by atoms with Gasteiger partial charge in [-0.05, 0) is 19.1 Å². The predicted octanol–water partition coefficient (Wildman–Crippen LogP) is 0.786. The van der Waals surface area contributed by atoms with Gasteiger partial charge in [0.1, 0.15) is 0 Å². The molecular formula is C13H19N3OS. The molecule has 1 N–H and O–H groups in total. The second-order valence-electron chi connectivity index (χ2n) is 5.06. The minimum absolute atomic E-state index is 0.208. The molecule has 2 fully saturated rings. The summed E-state index contributed by atoms with van der Waals surface area (Å²) < 4.78 is 0. The third kappa shape index (κ3) is 2.30. The van der Waals surface area contributed by atoms with Crippen LogP contribution in [0.25, 0.3) is 0 Å². The van der Waals surface area contributed by atoms with E-state index in [4.69, 9.17) is 0 Å². The van der Waals surface area contributed by atoms with Gasteiger partial charge in [0.25, 0.3) is 5.91 Å². The van der Waals surface area contributed by atoms with Gasteiger partial charge in [0, 0.05) is 50.2 Å². The first-order valence-corrected chi connectivity index (χ1v) is 7.36. The van der Waals surface area contributed by atoms with E-state index in [9.17, 15) is 4.79 Å². The zero-order valence-corrected chi connectivity index (χ0v) is 11.5. The van der Waals surface area contributed by atoms with E-state index in [1.54, 1.807) is 11.3 Å². The molecule has 3 heterocycles. The first kappa shape index (κ1) is 12.1. The summed E-state index contributed by atoms with van der Waals surface area (Å²) in [6.45, 7) is 8.23. The number of rotatable bonds is 2. The average Bonchev–Trinajstić information content (AvgIpc) is 2.75. The SMILES string of the molecule is Cc1ccc(C(=O)N2CC(N3CCNCC3)C2)s1. The van der Waals surface area contributed by atoms with Crippen LogP contribution in [-0.4, -0.2) is 61.0 Å². The van der Waals surface area contributed by atoms with Crippen molar-refractivity contribution in [2.24, 2.45) is 0 Å². The number of nitrogens with zero attached hydrogens (tertiary/aromatic N) is 2. The van der Waals surface area contributed by atoms with Crippen LogP contribution in [0.4, 0.5) is 0 Å². The maximum Gasteiger partial charge on any atom is 0.264 e. The van der Waals surface area contributed by atoms with Crippen molar-refractivity contribution in [2.45, 2.75) is 13.0 Å². The van der Waals surface area contributed by atoms with Crippen molar-refractivity contribution in [3.8, 4) is 0 Å². The summed E-state index contributed by atoms with van der Waals surface area (Å²) in [4.78, 5) is 18.7. The largest absolute Gasteiger partial charge is 0.335 e. The molecule has 3 rings (SSSR count). The van der Waals surface area contributed by atoms with Crippen LogP contribution >= 0.6 is 11.3 Å². The zero-order valence-electron chi connectivity index (χ0n) is 10.7. The number of likely N-dealkylation sites (tertiary alicyclic amines) is 1. The fraction of sp³-hybridized carbons (Fsp3) is 0.615. The monoisotopic (exact) mass is 265 g/mol. The first-order valence-electron chi connectivity index (χ1n) is 6.54. The Kier molecular flexibility index (Phi) is 3.37. The molecule has 0 bridgehead atoms. The molecular weight excluding hydrogens is 246 g/mol. The van der Waals surface area contributed by atoms with Crippen LogP contribution in [0, 0.1) is 6.92 Å². The Bertz CT molecular complexity index is 433. The number of aryl methyl sites for hydroxylation is 1. The smallest absolute Gasteiger partial charge is 0.264 e. The van der Waals surface area contributed by atoms with E-state index in [0.29, 0.717) is 6.04 Å². The molecule has 2 saturated heterocycles. The molecule has 0 radical (unpaired) electrons. The van der Waals surface area contributed by atoms with Gasteiger partial charge in [0.05, 0.1) is 4.88 Å². The highest BCUT2D eigenvalue weighted by Crippen LogP contribution is 2.22. The van der Waals surface area contributed by atoms with Crippen LogP contribution in [0.2, 0.25) is 0 Å². The molecule has 5 heteroatoms. The molecule has 0 unspecified atom stereocenters. The number of carbonyl (C=O) groups excluding carboxylic acids is 1. The lowest BCUT2D eigenvalue weighted by Gasteiger charge is -2.46. The normalized spacial score (nSPS) is 21.9. The summed E-state index contributed by atoms with van der Waals surface area (Å²) in [5.41, 5.74) is 0. The van der Waals surface area contributed by atoms with Crippen LogP contribution in [-0.2, 0) is 0 Å². The van der Waals surface area contributed by atoms with E-state index in [0.717, 1.165) is 44.1 Å². The lowest BCUT2D eigenvalue weighted by atomic mass is 10.1. The standard InChI is InChI=1S/C13H19N3OS/c1-10-2-3-12(18-10)13(17)16-8-11(9-16)15-6-4-14-5-7-15/h2-3,11,14H,4-9H2,1H3. The zero-order chi connectivity index (χ0) is 12.5. The summed E-state index contributed by atoms with van der Waals surface area (Å²) in [7, 11) is 0. The summed E-state index contributed by atoms with van der Waals surface area (Å²) >= 11 is 1.60. The highest BCUT2D eigenvalue weighted by molar-refractivity contribution is 7.13. The molecule has 1 amide bonds. The van der Waals surface area contributed by atoms with Crippen molar-refractivity contribution in [1.82, 2.24) is 15.1 Å². The fourth-order valence-electron chi connectivity index (χ4n) is 2.60. The average molecular weight is 265 g/mol. The molecule has 4 nitrogen and oxygen atoms in total. The molecule has 18 heavy (non-hydrogen) atoms. The number of thiophene rings is 1. The molecule has 0 spiro atoms. The van der Waals surface area contributed by atoms with E-state index in [1.807, 2.05) is 24.0 Å². The van der Waals surface area contributed by atoms with Crippen molar-refractivity contribution in [2.75, 3.05) is 39.3 Å². The minimum atomic E-state index is 0.208. The lowest BCUT2D eigenvalue weighted by Crippen LogP contribution is -2.63. The van der Waals surface area contributed by atoms with E-state index >= 15 is 0 Å². The molecule has 1 aromatic heterocycles. The molecule has 2 aliphatic heterocycles. The van der Waals surface area contributed by atoms with Crippen molar-refractivity contribution < 1.29 is 4.79 Å². The fourth-order valence-corrected chi connectivity index (χ4v) is 3.44. The van der Waals surface area contributed by atoms with E-state index in [1.165, 1.54) is 4.88 Å². The van der Waals surface area contributed by atoms with E-state index in [2.05, 4.69) is 10.2 Å². The van der Waals surface area contributed by atoms with E-state index in [-0.39, 0.29) is 5.91 Å². The number of amides is 1. The second-order valence-corrected chi connectivity index (χ2v) is 6.35. The molecule has 2 aliphatic rings. The van der Waals surface area contributed by atoms with Crippen molar-refractivity contribution >= 4 is 17.2 Å². The van der Waals surface area contributed by atoms with Gasteiger partial charge >= 0.3 is 0 Å². The molecule has 0 aromatic carbocycles. The summed E-state index contributed by atoms with van der Waals surface area (Å²) in [6.07, 6.45) is 0. The van der Waals surface area contributed by atoms with Crippen LogP contribution in [0.1, 0.15) is 14.5 Å². The predicted molar refractivity (Wildman–Crippen MR) is 73.2 cm³/mol. The van der Waals surface area contributed by atoms with Crippen molar-refractivity contribution in [3.05, 3.63) is 21.9 Å². The quantitative estimate of drug-likeness (QED) is 0.858. The second kappa shape index (κ2) is 4.99. The Labute approximate surface area is 112 Å². The van der Waals surface area contributed by atoms with Crippen LogP contribution in [0.5, 0.6) is 0 Å². The molecule has 0 atom stereocenters. The van der Waals surface area contributed by atoms with Gasteiger partial charge < -0.3 is 10.2 Å². The molecule has 1 aromatic rings. The highest BCUT2D eigenvalue weighted by atomic mass is 32.1. The third-order valence-corrected chi connectivity index (χ3v) is 4.76. The Hall–Kier alpha value is -0.910. The van der Waals surface area contributed by atoms with Crippen LogP contribution in [0.3, 0.4) is 0 Å². The summed E-state index contributed by atoms with van der Waals surface area (Å²) in [5, 5.41) is 3.36. The first-order chi connectivity index (χ1) is 8.74. The van der Waals surface area contributed by atoms with Crippen LogP contribution in [0.15, 0.2) is 12.1 Å². The Morgan fingerprint density at radius 2 is 2.06 bits per heavy atom. The van der Waals surface area contributed by atoms with Gasteiger partial charge in [-0.15, -0.1) is 11.3 Å². The topological polar surface area (TPSA) is 35.6 Å². The number of piperazine rings is 1. The summed E-state index contributed by atoms with van der Waals surface area (Å²) in [6, 6.07) is 4.54. The number of carbonyl (C=O) groups is 1. The van der Waals surface area contributed by atoms with E-state index < -0.39 is 0 Å². The molecule has 0 saturated carbocycles. The van der Waals surface area contributed by atoms with Gasteiger partial charge in [-0.3, -0.25) is 9.69 Å². The number of nitrogens with one attached hydrogen (secondary N) is 1. The van der Waals surface area contributed by atoms with Crippen molar-refractivity contribution in [3.63, 3.8) is 0 Å².